The molecule has 0 atom stereocenters. The number of carbonyl (C=O) groups excluding carboxylic acids is 1. The van der Waals surface area contributed by atoms with Gasteiger partial charge in [0.15, 0.2) is 0 Å². The SMILES string of the molecule is O=C(Nc1nnc(-c2ccsc2)o1)c1cc(-c2ccc(F)cc2)n[nH]1. The average Bonchev–Trinajstić information content (AvgIpc) is 3.36. The van der Waals surface area contributed by atoms with Crippen molar-refractivity contribution < 1.29 is 13.6 Å². The second kappa shape index (κ2) is 6.29. The number of halogens is 1. The van der Waals surface area contributed by atoms with Crippen molar-refractivity contribution in [1.29, 1.82) is 0 Å². The number of thiophene rings is 1. The molecule has 0 spiro atoms. The molecule has 0 aliphatic rings. The first kappa shape index (κ1) is 15.2. The number of benzene rings is 1. The summed E-state index contributed by atoms with van der Waals surface area (Å²) in [5, 5.41) is 20.6. The summed E-state index contributed by atoms with van der Waals surface area (Å²) in [6.07, 6.45) is 0. The first-order valence-electron chi connectivity index (χ1n) is 7.18. The highest BCUT2D eigenvalue weighted by Gasteiger charge is 2.15. The summed E-state index contributed by atoms with van der Waals surface area (Å²) in [7, 11) is 0. The zero-order valence-electron chi connectivity index (χ0n) is 12.6. The van der Waals surface area contributed by atoms with Gasteiger partial charge < -0.3 is 4.42 Å². The van der Waals surface area contributed by atoms with E-state index in [9.17, 15) is 9.18 Å². The topological polar surface area (TPSA) is 96.7 Å². The lowest BCUT2D eigenvalue weighted by molar-refractivity contribution is 0.101. The lowest BCUT2D eigenvalue weighted by atomic mass is 10.1. The summed E-state index contributed by atoms with van der Waals surface area (Å²) in [6.45, 7) is 0. The van der Waals surface area contributed by atoms with E-state index in [0.29, 0.717) is 17.1 Å². The van der Waals surface area contributed by atoms with Gasteiger partial charge in [0.2, 0.25) is 0 Å². The number of aromatic amines is 1. The van der Waals surface area contributed by atoms with Crippen molar-refractivity contribution in [3.63, 3.8) is 0 Å². The maximum atomic E-state index is 13.0. The van der Waals surface area contributed by atoms with Crippen molar-refractivity contribution in [1.82, 2.24) is 20.4 Å². The Morgan fingerprint density at radius 3 is 2.76 bits per heavy atom. The van der Waals surface area contributed by atoms with E-state index in [4.69, 9.17) is 4.42 Å². The number of hydrogen-bond acceptors (Lipinski definition) is 6. The second-order valence-corrected chi connectivity index (χ2v) is 5.83. The van der Waals surface area contributed by atoms with Crippen LogP contribution in [0.2, 0.25) is 0 Å². The number of carbonyl (C=O) groups is 1. The van der Waals surface area contributed by atoms with E-state index >= 15 is 0 Å². The van der Waals surface area contributed by atoms with E-state index in [1.165, 1.54) is 23.5 Å². The molecule has 0 fully saturated rings. The van der Waals surface area contributed by atoms with Crippen molar-refractivity contribution in [3.8, 4) is 22.7 Å². The molecular formula is C16H10FN5O2S. The van der Waals surface area contributed by atoms with Crippen LogP contribution >= 0.6 is 11.3 Å². The first-order valence-corrected chi connectivity index (χ1v) is 8.12. The molecule has 0 aliphatic heterocycles. The number of anilines is 1. The van der Waals surface area contributed by atoms with Gasteiger partial charge in [-0.05, 0) is 41.8 Å². The molecule has 4 aromatic rings. The molecule has 7 nitrogen and oxygen atoms in total. The lowest BCUT2D eigenvalue weighted by Crippen LogP contribution is -2.12. The van der Waals surface area contributed by atoms with Crippen molar-refractivity contribution >= 4 is 23.3 Å². The molecular weight excluding hydrogens is 345 g/mol. The molecule has 3 heterocycles. The van der Waals surface area contributed by atoms with Gasteiger partial charge >= 0.3 is 6.01 Å². The fourth-order valence-electron chi connectivity index (χ4n) is 2.15. The monoisotopic (exact) mass is 355 g/mol. The van der Waals surface area contributed by atoms with Crippen LogP contribution in [0.5, 0.6) is 0 Å². The van der Waals surface area contributed by atoms with Gasteiger partial charge in [-0.3, -0.25) is 15.2 Å². The van der Waals surface area contributed by atoms with Crippen molar-refractivity contribution in [2.45, 2.75) is 0 Å². The van der Waals surface area contributed by atoms with E-state index in [0.717, 1.165) is 5.56 Å². The Hall–Kier alpha value is -3.33. The van der Waals surface area contributed by atoms with Crippen LogP contribution in [0.3, 0.4) is 0 Å². The van der Waals surface area contributed by atoms with Gasteiger partial charge in [0.1, 0.15) is 11.5 Å². The quantitative estimate of drug-likeness (QED) is 0.583. The Morgan fingerprint density at radius 1 is 1.16 bits per heavy atom. The van der Waals surface area contributed by atoms with Crippen LogP contribution < -0.4 is 5.32 Å². The normalized spacial score (nSPS) is 10.8. The molecule has 2 N–H and O–H groups in total. The smallest absolute Gasteiger partial charge is 0.322 e. The molecule has 0 bridgehead atoms. The Kier molecular flexibility index (Phi) is 3.82. The van der Waals surface area contributed by atoms with E-state index in [1.807, 2.05) is 16.8 Å². The number of H-pyrrole nitrogens is 1. The zero-order valence-corrected chi connectivity index (χ0v) is 13.4. The number of nitrogens with one attached hydrogen (secondary N) is 2. The standard InChI is InChI=1S/C16H10FN5O2S/c17-11-3-1-9(2-4-11)12-7-13(20-19-12)14(23)18-16-22-21-15(24-16)10-5-6-25-8-10/h1-8H,(H,19,20)(H,18,22,23). The third kappa shape index (κ3) is 3.17. The molecule has 124 valence electrons. The highest BCUT2D eigenvalue weighted by atomic mass is 32.1. The van der Waals surface area contributed by atoms with Crippen LogP contribution in [0.15, 0.2) is 51.6 Å². The molecule has 9 heteroatoms. The molecule has 0 radical (unpaired) electrons. The number of hydrogen-bond donors (Lipinski definition) is 2. The van der Waals surface area contributed by atoms with Crippen molar-refractivity contribution in [2.75, 3.05) is 5.32 Å². The van der Waals surface area contributed by atoms with Crippen LogP contribution in [0.25, 0.3) is 22.7 Å². The highest BCUT2D eigenvalue weighted by molar-refractivity contribution is 7.08. The molecule has 25 heavy (non-hydrogen) atoms. The van der Waals surface area contributed by atoms with Gasteiger partial charge in [-0.2, -0.15) is 16.4 Å². The molecule has 0 saturated carbocycles. The molecule has 0 aliphatic carbocycles. The molecule has 0 saturated heterocycles. The second-order valence-electron chi connectivity index (χ2n) is 5.05. The largest absolute Gasteiger partial charge is 0.403 e. The van der Waals surface area contributed by atoms with E-state index < -0.39 is 5.91 Å². The Labute approximate surface area is 144 Å². The Morgan fingerprint density at radius 2 is 2.00 bits per heavy atom. The fraction of sp³-hybridized carbons (Fsp3) is 0. The van der Waals surface area contributed by atoms with Crippen LogP contribution in [0.1, 0.15) is 10.5 Å². The minimum Gasteiger partial charge on any atom is -0.403 e. The van der Waals surface area contributed by atoms with E-state index in [-0.39, 0.29) is 17.5 Å². The minimum atomic E-state index is -0.471. The fourth-order valence-corrected chi connectivity index (χ4v) is 2.78. The number of amides is 1. The summed E-state index contributed by atoms with van der Waals surface area (Å²) in [5.41, 5.74) is 2.22. The lowest BCUT2D eigenvalue weighted by Gasteiger charge is -1.96. The summed E-state index contributed by atoms with van der Waals surface area (Å²) in [6, 6.07) is 9.20. The van der Waals surface area contributed by atoms with Crippen molar-refractivity contribution in [2.24, 2.45) is 0 Å². The maximum Gasteiger partial charge on any atom is 0.322 e. The van der Waals surface area contributed by atoms with Crippen LogP contribution in [0.4, 0.5) is 10.4 Å². The zero-order chi connectivity index (χ0) is 17.2. The number of rotatable bonds is 4. The molecule has 1 amide bonds. The first-order chi connectivity index (χ1) is 12.2. The Bertz CT molecular complexity index is 1010. The summed E-state index contributed by atoms with van der Waals surface area (Å²) < 4.78 is 18.4. The summed E-state index contributed by atoms with van der Waals surface area (Å²) in [5.74, 6) is -0.482. The van der Waals surface area contributed by atoms with Crippen LogP contribution in [-0.2, 0) is 0 Å². The van der Waals surface area contributed by atoms with E-state index in [2.05, 4.69) is 25.7 Å². The van der Waals surface area contributed by atoms with Gasteiger partial charge in [0.25, 0.3) is 11.8 Å². The molecule has 1 aromatic carbocycles. The van der Waals surface area contributed by atoms with Gasteiger partial charge in [0, 0.05) is 16.5 Å². The summed E-state index contributed by atoms with van der Waals surface area (Å²) in [4.78, 5) is 12.2. The molecule has 4 rings (SSSR count). The Balaban J connectivity index is 1.49. The van der Waals surface area contributed by atoms with Gasteiger partial charge in [-0.25, -0.2) is 4.39 Å². The predicted molar refractivity (Wildman–Crippen MR) is 89.5 cm³/mol. The van der Waals surface area contributed by atoms with Gasteiger partial charge in [-0.15, -0.1) is 5.10 Å². The molecule has 3 aromatic heterocycles. The number of nitrogens with zero attached hydrogens (tertiary/aromatic N) is 3. The van der Waals surface area contributed by atoms with Gasteiger partial charge in [0.05, 0.1) is 5.69 Å². The number of aromatic nitrogens is 4. The minimum absolute atomic E-state index is 0.0101. The molecule has 0 unspecified atom stereocenters. The highest BCUT2D eigenvalue weighted by Crippen LogP contribution is 2.23. The third-order valence-electron chi connectivity index (χ3n) is 3.38. The third-order valence-corrected chi connectivity index (χ3v) is 4.06. The average molecular weight is 355 g/mol. The van der Waals surface area contributed by atoms with Crippen LogP contribution in [0, 0.1) is 5.82 Å². The maximum absolute atomic E-state index is 13.0. The predicted octanol–water partition coefficient (Wildman–Crippen LogP) is 3.58. The summed E-state index contributed by atoms with van der Waals surface area (Å²) >= 11 is 1.50. The van der Waals surface area contributed by atoms with Crippen LogP contribution in [-0.4, -0.2) is 26.3 Å². The van der Waals surface area contributed by atoms with E-state index in [1.54, 1.807) is 18.2 Å². The van der Waals surface area contributed by atoms with Gasteiger partial charge in [-0.1, -0.05) is 5.10 Å². The van der Waals surface area contributed by atoms with Crippen molar-refractivity contribution in [3.05, 3.63) is 58.7 Å².